The van der Waals surface area contributed by atoms with Gasteiger partial charge >= 0.3 is 0 Å². The van der Waals surface area contributed by atoms with Crippen LogP contribution in [0.3, 0.4) is 0 Å². The zero-order valence-corrected chi connectivity index (χ0v) is 12.6. The van der Waals surface area contributed by atoms with E-state index in [0.29, 0.717) is 28.5 Å². The highest BCUT2D eigenvalue weighted by molar-refractivity contribution is 7.17. The molecule has 4 N–H and O–H groups in total. The minimum absolute atomic E-state index is 0.222. The standard InChI is InChI=1S/C13H16N6OS/c1-8-6-18-19(7-8)4-3-17-13-10(12(20)16-2)11(15)9(5-14)21-13/h6-7,17H,3-4,15H2,1-2H3,(H,16,20). The number of nitrogens with two attached hydrogens (primary N) is 1. The Balaban J connectivity index is 2.12. The average molecular weight is 304 g/mol. The molecule has 2 rings (SSSR count). The molecule has 110 valence electrons. The molecular formula is C13H16N6OS. The van der Waals surface area contributed by atoms with Crippen molar-refractivity contribution in [3.63, 3.8) is 0 Å². The van der Waals surface area contributed by atoms with E-state index < -0.39 is 0 Å². The van der Waals surface area contributed by atoms with E-state index in [0.717, 1.165) is 5.56 Å². The van der Waals surface area contributed by atoms with Crippen molar-refractivity contribution < 1.29 is 4.79 Å². The van der Waals surface area contributed by atoms with Crippen LogP contribution in [0.15, 0.2) is 12.4 Å². The summed E-state index contributed by atoms with van der Waals surface area (Å²) < 4.78 is 1.81. The molecule has 0 fully saturated rings. The second-order valence-electron chi connectivity index (χ2n) is 4.45. The molecule has 0 atom stereocenters. The topological polar surface area (TPSA) is 109 Å². The summed E-state index contributed by atoms with van der Waals surface area (Å²) in [6, 6.07) is 2.00. The second-order valence-corrected chi connectivity index (χ2v) is 5.47. The monoisotopic (exact) mass is 304 g/mol. The molecule has 0 aromatic carbocycles. The molecule has 0 unspecified atom stereocenters. The van der Waals surface area contributed by atoms with Gasteiger partial charge in [0.15, 0.2) is 0 Å². The Labute approximate surface area is 126 Å². The molecule has 2 aromatic heterocycles. The summed E-state index contributed by atoms with van der Waals surface area (Å²) in [5, 5.41) is 19.5. The van der Waals surface area contributed by atoms with Crippen molar-refractivity contribution in [1.82, 2.24) is 15.1 Å². The van der Waals surface area contributed by atoms with Crippen molar-refractivity contribution in [3.05, 3.63) is 28.4 Å². The number of anilines is 2. The van der Waals surface area contributed by atoms with Crippen LogP contribution in [0.4, 0.5) is 10.7 Å². The van der Waals surface area contributed by atoms with E-state index in [-0.39, 0.29) is 11.6 Å². The Hall–Kier alpha value is -2.53. The maximum atomic E-state index is 11.9. The molecule has 21 heavy (non-hydrogen) atoms. The number of nitrogens with one attached hydrogen (secondary N) is 2. The number of nitrogen functional groups attached to an aromatic ring is 1. The predicted molar refractivity (Wildman–Crippen MR) is 82.3 cm³/mol. The number of nitriles is 1. The van der Waals surface area contributed by atoms with Crippen LogP contribution in [0.1, 0.15) is 20.8 Å². The molecule has 0 saturated heterocycles. The van der Waals surface area contributed by atoms with Gasteiger partial charge < -0.3 is 16.4 Å². The van der Waals surface area contributed by atoms with Crippen molar-refractivity contribution in [3.8, 4) is 6.07 Å². The highest BCUT2D eigenvalue weighted by atomic mass is 32.1. The van der Waals surface area contributed by atoms with E-state index in [4.69, 9.17) is 11.0 Å². The van der Waals surface area contributed by atoms with E-state index in [2.05, 4.69) is 15.7 Å². The number of carbonyl (C=O) groups is 1. The maximum Gasteiger partial charge on any atom is 0.256 e. The molecular weight excluding hydrogens is 288 g/mol. The van der Waals surface area contributed by atoms with Gasteiger partial charge in [0.25, 0.3) is 5.91 Å². The number of amides is 1. The van der Waals surface area contributed by atoms with Crippen LogP contribution in [-0.4, -0.2) is 29.3 Å². The molecule has 0 aliphatic heterocycles. The molecule has 2 aromatic rings. The van der Waals surface area contributed by atoms with Crippen LogP contribution in [0.2, 0.25) is 0 Å². The molecule has 0 aliphatic rings. The summed E-state index contributed by atoms with van der Waals surface area (Å²) in [5.41, 5.74) is 7.49. The van der Waals surface area contributed by atoms with E-state index in [1.807, 2.05) is 23.9 Å². The Morgan fingerprint density at radius 3 is 2.95 bits per heavy atom. The third-order valence-corrected chi connectivity index (χ3v) is 3.96. The molecule has 2 heterocycles. The SMILES string of the molecule is CNC(=O)c1c(NCCn2cc(C)cn2)sc(C#N)c1N. The number of hydrogen-bond acceptors (Lipinski definition) is 6. The van der Waals surface area contributed by atoms with Crippen LogP contribution in [0.5, 0.6) is 0 Å². The van der Waals surface area contributed by atoms with Crippen LogP contribution in [-0.2, 0) is 6.54 Å². The number of carbonyl (C=O) groups excluding carboxylic acids is 1. The van der Waals surface area contributed by atoms with Crippen LogP contribution >= 0.6 is 11.3 Å². The zero-order chi connectivity index (χ0) is 15.4. The van der Waals surface area contributed by atoms with Gasteiger partial charge in [-0.25, -0.2) is 0 Å². The van der Waals surface area contributed by atoms with Crippen LogP contribution in [0, 0.1) is 18.3 Å². The van der Waals surface area contributed by atoms with E-state index >= 15 is 0 Å². The van der Waals surface area contributed by atoms with Crippen molar-refractivity contribution >= 4 is 27.9 Å². The number of aromatic nitrogens is 2. The third kappa shape index (κ3) is 3.14. The number of aryl methyl sites for hydroxylation is 1. The first-order chi connectivity index (χ1) is 10.1. The molecule has 7 nitrogen and oxygen atoms in total. The molecule has 0 radical (unpaired) electrons. The van der Waals surface area contributed by atoms with Crippen molar-refractivity contribution in [2.24, 2.45) is 0 Å². The Bertz CT molecular complexity index is 696. The largest absolute Gasteiger partial charge is 0.396 e. The number of nitrogens with zero attached hydrogens (tertiary/aromatic N) is 3. The van der Waals surface area contributed by atoms with Crippen LogP contribution < -0.4 is 16.4 Å². The fraction of sp³-hybridized carbons (Fsp3) is 0.308. The van der Waals surface area contributed by atoms with Crippen LogP contribution in [0.25, 0.3) is 0 Å². The first kappa shape index (κ1) is 14.9. The van der Waals surface area contributed by atoms with Gasteiger partial charge in [-0.1, -0.05) is 0 Å². The summed E-state index contributed by atoms with van der Waals surface area (Å²) in [6.07, 6.45) is 3.72. The summed E-state index contributed by atoms with van der Waals surface area (Å²) in [6.45, 7) is 3.20. The van der Waals surface area contributed by atoms with Gasteiger partial charge in [0.2, 0.25) is 0 Å². The zero-order valence-electron chi connectivity index (χ0n) is 11.8. The molecule has 8 heteroatoms. The van der Waals surface area contributed by atoms with Crippen molar-refractivity contribution in [2.45, 2.75) is 13.5 Å². The predicted octanol–water partition coefficient (Wildman–Crippen LogP) is 1.18. The number of thiophene rings is 1. The lowest BCUT2D eigenvalue weighted by molar-refractivity contribution is 0.0965. The van der Waals surface area contributed by atoms with Crippen molar-refractivity contribution in [2.75, 3.05) is 24.6 Å². The second kappa shape index (κ2) is 6.28. The summed E-state index contributed by atoms with van der Waals surface area (Å²) in [5.74, 6) is -0.303. The third-order valence-electron chi connectivity index (χ3n) is 2.89. The lowest BCUT2D eigenvalue weighted by Crippen LogP contribution is -2.20. The normalized spacial score (nSPS) is 10.1. The summed E-state index contributed by atoms with van der Waals surface area (Å²) in [7, 11) is 1.53. The molecule has 0 spiro atoms. The molecule has 0 bridgehead atoms. The van der Waals surface area contributed by atoms with Gasteiger partial charge in [-0.15, -0.1) is 11.3 Å². The fourth-order valence-electron chi connectivity index (χ4n) is 1.88. The van der Waals surface area contributed by atoms with E-state index in [1.54, 1.807) is 6.20 Å². The first-order valence-electron chi connectivity index (χ1n) is 6.34. The smallest absolute Gasteiger partial charge is 0.256 e. The fourth-order valence-corrected chi connectivity index (χ4v) is 2.82. The molecule has 0 aliphatic carbocycles. The average Bonchev–Trinajstić information content (AvgIpc) is 3.02. The number of hydrogen-bond donors (Lipinski definition) is 3. The Morgan fingerprint density at radius 2 is 2.38 bits per heavy atom. The quantitative estimate of drug-likeness (QED) is 0.768. The lowest BCUT2D eigenvalue weighted by Gasteiger charge is -2.07. The van der Waals surface area contributed by atoms with Gasteiger partial charge in [0, 0.05) is 19.8 Å². The van der Waals surface area contributed by atoms with E-state index in [1.165, 1.54) is 18.4 Å². The number of rotatable bonds is 5. The van der Waals surface area contributed by atoms with Crippen molar-refractivity contribution in [1.29, 1.82) is 5.26 Å². The Morgan fingerprint density at radius 1 is 1.62 bits per heavy atom. The van der Waals surface area contributed by atoms with E-state index in [9.17, 15) is 4.79 Å². The Kier molecular flexibility index (Phi) is 4.45. The summed E-state index contributed by atoms with van der Waals surface area (Å²) >= 11 is 1.18. The highest BCUT2D eigenvalue weighted by Gasteiger charge is 2.21. The minimum Gasteiger partial charge on any atom is -0.396 e. The summed E-state index contributed by atoms with van der Waals surface area (Å²) in [4.78, 5) is 12.2. The van der Waals surface area contributed by atoms with Gasteiger partial charge in [0.1, 0.15) is 15.9 Å². The highest BCUT2D eigenvalue weighted by Crippen LogP contribution is 2.34. The van der Waals surface area contributed by atoms with Gasteiger partial charge in [-0.2, -0.15) is 10.4 Å². The molecule has 0 saturated carbocycles. The van der Waals surface area contributed by atoms with Gasteiger partial charge in [0.05, 0.1) is 24.0 Å². The first-order valence-corrected chi connectivity index (χ1v) is 7.15. The minimum atomic E-state index is -0.303. The molecule has 1 amide bonds. The van der Waals surface area contributed by atoms with Gasteiger partial charge in [-0.3, -0.25) is 9.48 Å². The maximum absolute atomic E-state index is 11.9. The lowest BCUT2D eigenvalue weighted by atomic mass is 10.2. The van der Waals surface area contributed by atoms with Gasteiger partial charge in [-0.05, 0) is 12.5 Å².